The van der Waals surface area contributed by atoms with Crippen molar-refractivity contribution in [1.29, 1.82) is 0 Å². The molecular weight excluding hydrogens is 280 g/mol. The Kier molecular flexibility index (Phi) is 4.22. The number of hydrogen-bond acceptors (Lipinski definition) is 4. The summed E-state index contributed by atoms with van der Waals surface area (Å²) in [4.78, 5) is 8.12. The lowest BCUT2D eigenvalue weighted by atomic mass is 10.4. The number of aryl methyl sites for hydroxylation is 1. The van der Waals surface area contributed by atoms with E-state index in [0.717, 1.165) is 29.4 Å². The molecule has 0 spiro atoms. The maximum absolute atomic E-state index is 5.79. The monoisotopic (exact) mass is 298 g/mol. The summed E-state index contributed by atoms with van der Waals surface area (Å²) in [6.45, 7) is 10.2. The van der Waals surface area contributed by atoms with Gasteiger partial charge in [0.2, 0.25) is 5.28 Å². The molecule has 0 bridgehead atoms. The summed E-state index contributed by atoms with van der Waals surface area (Å²) < 4.78 is 7.50. The second-order valence-electron chi connectivity index (χ2n) is 5.81. The fraction of sp³-hybridized carbons (Fsp3) is 0.583. The van der Waals surface area contributed by atoms with Crippen LogP contribution in [0.4, 0.5) is 0 Å². The normalized spacial score (nSPS) is 12.3. The highest BCUT2D eigenvalue weighted by molar-refractivity contribution is 6.76. The fourth-order valence-electron chi connectivity index (χ4n) is 1.68. The minimum absolute atomic E-state index is 0.245. The molecule has 0 aliphatic heterocycles. The second kappa shape index (κ2) is 5.56. The molecule has 0 saturated carbocycles. The first-order valence-corrected chi connectivity index (χ1v) is 10.4. The van der Waals surface area contributed by atoms with E-state index >= 15 is 0 Å². The number of hydrogen-bond donors (Lipinski definition) is 0. The lowest BCUT2D eigenvalue weighted by molar-refractivity contribution is 0.0776. The maximum atomic E-state index is 5.79. The molecule has 0 aromatic carbocycles. The molecule has 7 heteroatoms. The van der Waals surface area contributed by atoms with Crippen molar-refractivity contribution in [3.05, 3.63) is 17.2 Å². The topological polar surface area (TPSA) is 52.8 Å². The van der Waals surface area contributed by atoms with Gasteiger partial charge in [-0.3, -0.25) is 0 Å². The summed E-state index contributed by atoms with van der Waals surface area (Å²) in [6.07, 6.45) is 1.64. The van der Waals surface area contributed by atoms with E-state index in [1.165, 1.54) is 0 Å². The van der Waals surface area contributed by atoms with Gasteiger partial charge in [0.15, 0.2) is 0 Å². The molecule has 0 fully saturated rings. The van der Waals surface area contributed by atoms with E-state index in [1.54, 1.807) is 10.9 Å². The van der Waals surface area contributed by atoms with E-state index in [1.807, 2.05) is 6.92 Å². The van der Waals surface area contributed by atoms with Crippen molar-refractivity contribution >= 4 is 30.7 Å². The number of fused-ring (bicyclic) bond motifs is 1. The van der Waals surface area contributed by atoms with Crippen LogP contribution in [0, 0.1) is 6.92 Å². The first kappa shape index (κ1) is 14.4. The minimum atomic E-state index is -1.04. The Hall–Kier alpha value is -0.983. The van der Waals surface area contributed by atoms with Crippen LogP contribution in [0.3, 0.4) is 0 Å². The molecule has 2 heterocycles. The van der Waals surface area contributed by atoms with Gasteiger partial charge in [-0.25, -0.2) is 14.6 Å². The average molecular weight is 299 g/mol. The van der Waals surface area contributed by atoms with E-state index in [0.29, 0.717) is 6.73 Å². The minimum Gasteiger partial charge on any atom is -0.360 e. The summed E-state index contributed by atoms with van der Waals surface area (Å²) in [5.74, 6) is 0. The van der Waals surface area contributed by atoms with Crippen molar-refractivity contribution in [1.82, 2.24) is 19.7 Å². The third kappa shape index (κ3) is 3.74. The van der Waals surface area contributed by atoms with Gasteiger partial charge < -0.3 is 4.74 Å². The van der Waals surface area contributed by atoms with Crippen molar-refractivity contribution < 1.29 is 4.74 Å². The summed E-state index contributed by atoms with van der Waals surface area (Å²) in [5, 5.41) is 4.65. The molecule has 0 amide bonds. The van der Waals surface area contributed by atoms with Crippen LogP contribution < -0.4 is 0 Å². The van der Waals surface area contributed by atoms with Gasteiger partial charge in [0, 0.05) is 14.7 Å². The highest BCUT2D eigenvalue weighted by Crippen LogP contribution is 2.16. The first-order valence-electron chi connectivity index (χ1n) is 6.30. The fourth-order valence-corrected chi connectivity index (χ4v) is 2.57. The largest absolute Gasteiger partial charge is 0.360 e. The molecule has 0 N–H and O–H groups in total. The SMILES string of the molecule is Cc1c2nc(Cl)ncc2nn1COCC[Si](C)(C)C. The quantitative estimate of drug-likeness (QED) is 0.483. The van der Waals surface area contributed by atoms with E-state index in [-0.39, 0.29) is 5.28 Å². The molecule has 19 heavy (non-hydrogen) atoms. The lowest BCUT2D eigenvalue weighted by Crippen LogP contribution is -2.22. The molecule has 0 aliphatic rings. The Morgan fingerprint density at radius 3 is 2.79 bits per heavy atom. The van der Waals surface area contributed by atoms with Crippen LogP contribution in [0.15, 0.2) is 6.20 Å². The predicted octanol–water partition coefficient (Wildman–Crippen LogP) is 3.10. The Morgan fingerprint density at radius 2 is 2.11 bits per heavy atom. The number of nitrogens with zero attached hydrogens (tertiary/aromatic N) is 4. The van der Waals surface area contributed by atoms with Crippen LogP contribution in [0.25, 0.3) is 11.0 Å². The van der Waals surface area contributed by atoms with Gasteiger partial charge in [-0.15, -0.1) is 0 Å². The Morgan fingerprint density at radius 1 is 1.37 bits per heavy atom. The van der Waals surface area contributed by atoms with Crippen LogP contribution in [-0.2, 0) is 11.5 Å². The Bertz CT molecular complexity index is 579. The third-order valence-electron chi connectivity index (χ3n) is 2.91. The van der Waals surface area contributed by atoms with Gasteiger partial charge in [0.05, 0.1) is 11.9 Å². The van der Waals surface area contributed by atoms with E-state index in [4.69, 9.17) is 16.3 Å². The lowest BCUT2D eigenvalue weighted by Gasteiger charge is -2.15. The Balaban J connectivity index is 2.03. The zero-order chi connectivity index (χ0) is 14.0. The average Bonchev–Trinajstić information content (AvgIpc) is 2.61. The molecule has 0 radical (unpaired) electrons. The van der Waals surface area contributed by atoms with Crippen LogP contribution in [-0.4, -0.2) is 34.4 Å². The second-order valence-corrected chi connectivity index (χ2v) is 11.8. The van der Waals surface area contributed by atoms with Gasteiger partial charge in [-0.1, -0.05) is 19.6 Å². The van der Waals surface area contributed by atoms with Crippen molar-refractivity contribution in [2.45, 2.75) is 39.3 Å². The molecule has 0 atom stereocenters. The molecule has 2 aromatic rings. The first-order chi connectivity index (χ1) is 8.87. The molecule has 2 aromatic heterocycles. The Labute approximate surface area is 119 Å². The van der Waals surface area contributed by atoms with Crippen LogP contribution >= 0.6 is 11.6 Å². The van der Waals surface area contributed by atoms with Gasteiger partial charge in [0.25, 0.3) is 0 Å². The third-order valence-corrected chi connectivity index (χ3v) is 4.79. The van der Waals surface area contributed by atoms with E-state index in [2.05, 4.69) is 34.7 Å². The standard InChI is InChI=1S/C12H19ClN4OSi/c1-9-11-10(7-14-12(13)15-11)16-17(9)8-18-5-6-19(2,3)4/h7H,5-6,8H2,1-4H3. The number of rotatable bonds is 5. The van der Waals surface area contributed by atoms with Crippen molar-refractivity contribution in [2.24, 2.45) is 0 Å². The highest BCUT2D eigenvalue weighted by atomic mass is 35.5. The smallest absolute Gasteiger partial charge is 0.223 e. The molecular formula is C12H19ClN4OSi. The van der Waals surface area contributed by atoms with Crippen LogP contribution in [0.5, 0.6) is 0 Å². The van der Waals surface area contributed by atoms with Crippen molar-refractivity contribution in [3.63, 3.8) is 0 Å². The summed E-state index contributed by atoms with van der Waals surface area (Å²) in [5.41, 5.74) is 2.48. The molecule has 5 nitrogen and oxygen atoms in total. The van der Waals surface area contributed by atoms with Gasteiger partial charge in [-0.05, 0) is 24.6 Å². The number of ether oxygens (including phenoxy) is 1. The predicted molar refractivity (Wildman–Crippen MR) is 79.2 cm³/mol. The zero-order valence-electron chi connectivity index (χ0n) is 11.8. The molecule has 0 aliphatic carbocycles. The highest BCUT2D eigenvalue weighted by Gasteiger charge is 2.13. The number of halogens is 1. The van der Waals surface area contributed by atoms with Crippen molar-refractivity contribution in [3.8, 4) is 0 Å². The summed E-state index contributed by atoms with van der Waals surface area (Å²) >= 11 is 5.79. The summed E-state index contributed by atoms with van der Waals surface area (Å²) in [7, 11) is -1.04. The molecule has 2 rings (SSSR count). The van der Waals surface area contributed by atoms with Gasteiger partial charge in [-0.2, -0.15) is 5.10 Å². The van der Waals surface area contributed by atoms with Crippen LogP contribution in [0.2, 0.25) is 31.0 Å². The van der Waals surface area contributed by atoms with E-state index in [9.17, 15) is 0 Å². The molecule has 104 valence electrons. The molecule has 0 unspecified atom stereocenters. The van der Waals surface area contributed by atoms with E-state index < -0.39 is 8.07 Å². The number of aromatic nitrogens is 4. The maximum Gasteiger partial charge on any atom is 0.223 e. The van der Waals surface area contributed by atoms with Gasteiger partial charge in [0.1, 0.15) is 17.8 Å². The van der Waals surface area contributed by atoms with Gasteiger partial charge >= 0.3 is 0 Å². The van der Waals surface area contributed by atoms with Crippen molar-refractivity contribution in [2.75, 3.05) is 6.61 Å². The zero-order valence-corrected chi connectivity index (χ0v) is 13.5. The van der Waals surface area contributed by atoms with Crippen LogP contribution in [0.1, 0.15) is 5.69 Å². The summed E-state index contributed by atoms with van der Waals surface area (Å²) in [6, 6.07) is 1.15. The molecule has 0 saturated heterocycles.